The number of non-ortho nitro benzene ring substituents is 1. The molecule has 3 rings (SSSR count). The lowest BCUT2D eigenvalue weighted by Crippen LogP contribution is -2.60. The van der Waals surface area contributed by atoms with Crippen molar-refractivity contribution in [3.05, 3.63) is 76.4 Å². The Morgan fingerprint density at radius 2 is 1.97 bits per heavy atom. The largest absolute Gasteiger partial charge is 0.490 e. The average molecular weight is 513 g/mol. The van der Waals surface area contributed by atoms with Gasteiger partial charge >= 0.3 is 5.97 Å². The molecule has 0 spiro atoms. The second-order valence-electron chi connectivity index (χ2n) is 7.57. The normalized spacial score (nSPS) is 15.2. The molecule has 0 radical (unpaired) electrons. The number of nitrogens with one attached hydrogen (secondary N) is 2. The third kappa shape index (κ3) is 7.87. The SMILES string of the molecule is O=C(C=Cc1cccc([N+](=O)[O-])c1)NC(=S)N1CCNC(=O)C1CC(=O)OCCOc1ccccc1. The second-order valence-corrected chi connectivity index (χ2v) is 7.95. The number of nitrogens with zero attached hydrogens (tertiary/aromatic N) is 2. The van der Waals surface area contributed by atoms with E-state index in [1.807, 2.05) is 18.2 Å². The molecular formula is C24H24N4O7S. The third-order valence-corrected chi connectivity index (χ3v) is 5.38. The molecule has 2 N–H and O–H groups in total. The number of carbonyl (C=O) groups is 3. The number of ether oxygens (including phenoxy) is 2. The third-order valence-electron chi connectivity index (χ3n) is 5.05. The fourth-order valence-electron chi connectivity index (χ4n) is 3.34. The molecule has 0 bridgehead atoms. The first-order valence-corrected chi connectivity index (χ1v) is 11.4. The Labute approximate surface area is 212 Å². The van der Waals surface area contributed by atoms with Crippen molar-refractivity contribution in [3.63, 3.8) is 0 Å². The fourth-order valence-corrected chi connectivity index (χ4v) is 3.66. The zero-order valence-electron chi connectivity index (χ0n) is 19.1. The molecule has 1 unspecified atom stereocenters. The molecule has 1 aliphatic heterocycles. The molecule has 188 valence electrons. The van der Waals surface area contributed by atoms with E-state index in [-0.39, 0.29) is 43.5 Å². The summed E-state index contributed by atoms with van der Waals surface area (Å²) in [6, 6.07) is 13.9. The van der Waals surface area contributed by atoms with Crippen molar-refractivity contribution >= 4 is 46.9 Å². The van der Waals surface area contributed by atoms with Crippen molar-refractivity contribution in [2.24, 2.45) is 0 Å². The van der Waals surface area contributed by atoms with Crippen molar-refractivity contribution in [2.75, 3.05) is 26.3 Å². The van der Waals surface area contributed by atoms with E-state index < -0.39 is 28.7 Å². The molecule has 36 heavy (non-hydrogen) atoms. The molecular weight excluding hydrogens is 488 g/mol. The molecule has 0 saturated carbocycles. The molecule has 1 heterocycles. The maximum atomic E-state index is 12.4. The summed E-state index contributed by atoms with van der Waals surface area (Å²) in [7, 11) is 0. The Hall–Kier alpha value is -4.32. The van der Waals surface area contributed by atoms with Gasteiger partial charge in [-0.1, -0.05) is 30.3 Å². The zero-order valence-corrected chi connectivity index (χ0v) is 19.9. The van der Waals surface area contributed by atoms with Crippen LogP contribution in [-0.2, 0) is 19.1 Å². The maximum absolute atomic E-state index is 12.4. The van der Waals surface area contributed by atoms with Gasteiger partial charge in [-0.15, -0.1) is 0 Å². The number of hydrogen-bond donors (Lipinski definition) is 2. The van der Waals surface area contributed by atoms with Gasteiger partial charge in [0.15, 0.2) is 5.11 Å². The van der Waals surface area contributed by atoms with Crippen LogP contribution in [0, 0.1) is 10.1 Å². The Bertz CT molecular complexity index is 1160. The number of hydrogen-bond acceptors (Lipinski definition) is 8. The predicted molar refractivity (Wildman–Crippen MR) is 134 cm³/mol. The van der Waals surface area contributed by atoms with E-state index in [4.69, 9.17) is 21.7 Å². The van der Waals surface area contributed by atoms with Crippen molar-refractivity contribution in [3.8, 4) is 5.75 Å². The van der Waals surface area contributed by atoms with Crippen molar-refractivity contribution < 1.29 is 28.8 Å². The molecule has 2 aromatic carbocycles. The number of carbonyl (C=O) groups excluding carboxylic acids is 3. The number of esters is 1. The smallest absolute Gasteiger partial charge is 0.308 e. The Balaban J connectivity index is 1.51. The number of thiocarbonyl (C=S) groups is 1. The number of benzene rings is 2. The van der Waals surface area contributed by atoms with E-state index in [2.05, 4.69) is 10.6 Å². The number of amides is 2. The van der Waals surface area contributed by atoms with Crippen LogP contribution >= 0.6 is 12.2 Å². The minimum Gasteiger partial charge on any atom is -0.490 e. The Morgan fingerprint density at radius 3 is 2.72 bits per heavy atom. The van der Waals surface area contributed by atoms with Crippen molar-refractivity contribution in [2.45, 2.75) is 12.5 Å². The van der Waals surface area contributed by atoms with Crippen LogP contribution in [0.3, 0.4) is 0 Å². The second kappa shape index (κ2) is 13.0. The standard InChI is InChI=1S/C24H24N4O7S/c29-21(10-9-17-5-4-6-18(15-17)28(32)33)26-24(36)27-12-11-25-23(31)20(27)16-22(30)35-14-13-34-19-7-2-1-3-8-19/h1-10,15,20H,11-14,16H2,(H,25,31)(H,26,29,36). The topological polar surface area (TPSA) is 140 Å². The molecule has 2 amide bonds. The lowest BCUT2D eigenvalue weighted by molar-refractivity contribution is -0.384. The lowest BCUT2D eigenvalue weighted by atomic mass is 10.1. The van der Waals surface area contributed by atoms with Gasteiger partial charge in [0, 0.05) is 31.3 Å². The van der Waals surface area contributed by atoms with Gasteiger partial charge in [0.2, 0.25) is 11.8 Å². The molecule has 1 aliphatic rings. The summed E-state index contributed by atoms with van der Waals surface area (Å²) in [4.78, 5) is 48.9. The van der Waals surface area contributed by atoms with Crippen LogP contribution in [0.4, 0.5) is 5.69 Å². The highest BCUT2D eigenvalue weighted by molar-refractivity contribution is 7.80. The monoisotopic (exact) mass is 512 g/mol. The van der Waals surface area contributed by atoms with E-state index in [9.17, 15) is 24.5 Å². The van der Waals surface area contributed by atoms with Gasteiger partial charge in [-0.2, -0.15) is 0 Å². The number of piperazine rings is 1. The van der Waals surface area contributed by atoms with Crippen molar-refractivity contribution in [1.29, 1.82) is 0 Å². The highest BCUT2D eigenvalue weighted by Gasteiger charge is 2.34. The van der Waals surface area contributed by atoms with E-state index in [0.717, 1.165) is 0 Å². The highest BCUT2D eigenvalue weighted by Crippen LogP contribution is 2.14. The van der Waals surface area contributed by atoms with Crippen LogP contribution in [0.5, 0.6) is 5.75 Å². The van der Waals surface area contributed by atoms with Crippen LogP contribution in [-0.4, -0.2) is 65.1 Å². The van der Waals surface area contributed by atoms with Gasteiger partial charge in [0.1, 0.15) is 25.0 Å². The summed E-state index contributed by atoms with van der Waals surface area (Å²) >= 11 is 5.30. The van der Waals surface area contributed by atoms with Gasteiger partial charge < -0.3 is 19.7 Å². The van der Waals surface area contributed by atoms with Gasteiger partial charge in [0.05, 0.1) is 11.3 Å². The number of rotatable bonds is 9. The van der Waals surface area contributed by atoms with Gasteiger partial charge in [-0.05, 0) is 36.0 Å². The summed E-state index contributed by atoms with van der Waals surface area (Å²) in [6.45, 7) is 0.733. The first kappa shape index (κ1) is 26.3. The van der Waals surface area contributed by atoms with Crippen LogP contribution in [0.15, 0.2) is 60.7 Å². The minimum atomic E-state index is -0.949. The summed E-state index contributed by atoms with van der Waals surface area (Å²) in [5.41, 5.74) is 0.355. The highest BCUT2D eigenvalue weighted by atomic mass is 32.1. The van der Waals surface area contributed by atoms with Crippen molar-refractivity contribution in [1.82, 2.24) is 15.5 Å². The first-order chi connectivity index (χ1) is 17.3. The molecule has 11 nitrogen and oxygen atoms in total. The molecule has 1 atom stereocenters. The lowest BCUT2D eigenvalue weighted by Gasteiger charge is -2.36. The summed E-state index contributed by atoms with van der Waals surface area (Å²) in [5, 5.41) is 16.0. The summed E-state index contributed by atoms with van der Waals surface area (Å²) in [6.07, 6.45) is 2.31. The molecule has 0 aliphatic carbocycles. The predicted octanol–water partition coefficient (Wildman–Crippen LogP) is 1.82. The van der Waals surface area contributed by atoms with Crippen LogP contribution in [0.2, 0.25) is 0 Å². The summed E-state index contributed by atoms with van der Waals surface area (Å²) < 4.78 is 10.6. The average Bonchev–Trinajstić information content (AvgIpc) is 2.87. The molecule has 2 aromatic rings. The number of nitro benzene ring substituents is 1. The molecule has 0 aromatic heterocycles. The quantitative estimate of drug-likeness (QED) is 0.129. The number of para-hydroxylation sites is 1. The first-order valence-electron chi connectivity index (χ1n) is 11.0. The molecule has 1 saturated heterocycles. The fraction of sp³-hybridized carbons (Fsp3) is 0.250. The van der Waals surface area contributed by atoms with E-state index in [0.29, 0.717) is 11.3 Å². The number of nitro groups is 1. The van der Waals surface area contributed by atoms with E-state index in [1.54, 1.807) is 18.2 Å². The zero-order chi connectivity index (χ0) is 25.9. The van der Waals surface area contributed by atoms with Gasteiger partial charge in [-0.25, -0.2) is 0 Å². The minimum absolute atomic E-state index is 0.00565. The molecule has 12 heteroatoms. The van der Waals surface area contributed by atoms with Gasteiger partial charge in [0.25, 0.3) is 5.69 Å². The van der Waals surface area contributed by atoms with Gasteiger partial charge in [-0.3, -0.25) is 29.8 Å². The van der Waals surface area contributed by atoms with E-state index >= 15 is 0 Å². The Kier molecular flexibility index (Phi) is 9.46. The molecule has 1 fully saturated rings. The van der Waals surface area contributed by atoms with Crippen LogP contribution < -0.4 is 15.4 Å². The van der Waals surface area contributed by atoms with Crippen LogP contribution in [0.1, 0.15) is 12.0 Å². The van der Waals surface area contributed by atoms with Crippen LogP contribution in [0.25, 0.3) is 6.08 Å². The Morgan fingerprint density at radius 1 is 1.19 bits per heavy atom. The summed E-state index contributed by atoms with van der Waals surface area (Å²) in [5.74, 6) is -0.968. The maximum Gasteiger partial charge on any atom is 0.308 e. The van der Waals surface area contributed by atoms with E-state index in [1.165, 1.54) is 35.3 Å².